The van der Waals surface area contributed by atoms with Gasteiger partial charge in [-0.05, 0) is 24.6 Å². The minimum atomic E-state index is -3.31. The van der Waals surface area contributed by atoms with Crippen LogP contribution >= 0.6 is 0 Å². The number of nitriles is 1. The lowest BCUT2D eigenvalue weighted by Gasteiger charge is -2.28. The number of ketones is 1. The van der Waals surface area contributed by atoms with Crippen LogP contribution in [-0.4, -0.2) is 35.5 Å². The summed E-state index contributed by atoms with van der Waals surface area (Å²) in [6.07, 6.45) is 0. The first kappa shape index (κ1) is 20.7. The molecule has 7 nitrogen and oxygen atoms in total. The second kappa shape index (κ2) is 8.86. The quantitative estimate of drug-likeness (QED) is 0.227. The first-order chi connectivity index (χ1) is 13.3. The molecule has 0 saturated carbocycles. The zero-order chi connectivity index (χ0) is 20.7. The lowest BCUT2D eigenvalue weighted by molar-refractivity contribution is -0.485. The molecule has 28 heavy (non-hydrogen) atoms. The summed E-state index contributed by atoms with van der Waals surface area (Å²) in [7, 11) is 0. The van der Waals surface area contributed by atoms with Crippen molar-refractivity contribution in [1.29, 1.82) is 5.26 Å². The van der Waals surface area contributed by atoms with Crippen molar-refractivity contribution >= 4 is 11.8 Å². The smallest absolute Gasteiger partial charge is 0.353 e. The molecule has 0 aliphatic heterocycles. The summed E-state index contributed by atoms with van der Waals surface area (Å²) in [5, 5.41) is 20.1. The molecule has 0 amide bonds. The second-order valence-electron chi connectivity index (χ2n) is 5.93. The van der Waals surface area contributed by atoms with Crippen LogP contribution in [0, 0.1) is 21.4 Å². The molecular weight excluding hydrogens is 367 g/mol. The number of nitrogens with zero attached hydrogens (tertiary/aromatic N) is 2. The van der Waals surface area contributed by atoms with Crippen molar-refractivity contribution in [2.24, 2.45) is 0 Å². The fourth-order valence-corrected chi connectivity index (χ4v) is 2.83. The van der Waals surface area contributed by atoms with Gasteiger partial charge in [-0.2, -0.15) is 5.26 Å². The number of carbonyl (C=O) groups excluding carboxylic acids is 2. The molecule has 0 radical (unpaired) electrons. The molecule has 8 heteroatoms. The van der Waals surface area contributed by atoms with E-state index in [9.17, 15) is 19.7 Å². The van der Waals surface area contributed by atoms with Crippen molar-refractivity contribution in [2.75, 3.05) is 13.2 Å². The van der Waals surface area contributed by atoms with Gasteiger partial charge in [0.15, 0.2) is 0 Å². The van der Waals surface area contributed by atoms with Crippen molar-refractivity contribution < 1.29 is 23.6 Å². The highest BCUT2D eigenvalue weighted by atomic mass is 19.1. The van der Waals surface area contributed by atoms with E-state index in [0.29, 0.717) is 0 Å². The summed E-state index contributed by atoms with van der Waals surface area (Å²) < 4.78 is 20.9. The summed E-state index contributed by atoms with van der Waals surface area (Å²) in [4.78, 5) is 35.9. The summed E-state index contributed by atoms with van der Waals surface area (Å²) in [6, 6.07) is 14.3. The monoisotopic (exact) mass is 384 g/mol. The molecule has 0 N–H and O–H groups in total. The van der Waals surface area contributed by atoms with Gasteiger partial charge in [0.2, 0.25) is 12.3 Å². The highest BCUT2D eigenvalue weighted by Gasteiger charge is 2.57. The lowest BCUT2D eigenvalue weighted by atomic mass is 9.78. The predicted molar refractivity (Wildman–Crippen MR) is 97.0 cm³/mol. The molecule has 0 bridgehead atoms. The van der Waals surface area contributed by atoms with Crippen molar-refractivity contribution in [3.63, 3.8) is 0 Å². The molecule has 2 rings (SSSR count). The molecule has 0 aliphatic carbocycles. The minimum Gasteiger partial charge on any atom is -0.463 e. The molecule has 0 aliphatic rings. The van der Waals surface area contributed by atoms with Crippen LogP contribution in [0.3, 0.4) is 0 Å². The van der Waals surface area contributed by atoms with Crippen molar-refractivity contribution in [1.82, 2.24) is 0 Å². The average molecular weight is 384 g/mol. The molecule has 0 heterocycles. The fraction of sp³-hybridized carbons (Fsp3) is 0.250. The van der Waals surface area contributed by atoms with Crippen LogP contribution in [0.4, 0.5) is 4.39 Å². The number of nitro groups is 1. The Bertz CT molecular complexity index is 908. The Morgan fingerprint density at radius 3 is 2.32 bits per heavy atom. The van der Waals surface area contributed by atoms with Crippen LogP contribution in [0.5, 0.6) is 0 Å². The van der Waals surface area contributed by atoms with E-state index in [1.54, 1.807) is 6.07 Å². The zero-order valence-corrected chi connectivity index (χ0v) is 15.0. The molecule has 0 saturated heterocycles. The summed E-state index contributed by atoms with van der Waals surface area (Å²) >= 11 is 0. The largest absolute Gasteiger partial charge is 0.463 e. The third-order valence-electron chi connectivity index (χ3n) is 4.19. The number of hydrogen-bond acceptors (Lipinski definition) is 6. The highest BCUT2D eigenvalue weighted by molar-refractivity contribution is 6.16. The topological polar surface area (TPSA) is 110 Å². The van der Waals surface area contributed by atoms with Gasteiger partial charge in [-0.15, -0.1) is 0 Å². The zero-order valence-electron chi connectivity index (χ0n) is 15.0. The first-order valence-corrected chi connectivity index (χ1v) is 8.42. The van der Waals surface area contributed by atoms with Crippen LogP contribution in [0.25, 0.3) is 0 Å². The Kier molecular flexibility index (Phi) is 6.55. The Morgan fingerprint density at radius 2 is 1.82 bits per heavy atom. The summed E-state index contributed by atoms with van der Waals surface area (Å²) in [5.74, 6) is -4.44. The number of rotatable bonds is 8. The number of ether oxygens (including phenoxy) is 1. The first-order valence-electron chi connectivity index (χ1n) is 8.42. The Labute approximate surface area is 160 Å². The van der Waals surface area contributed by atoms with Gasteiger partial charge in [0.05, 0.1) is 18.2 Å². The van der Waals surface area contributed by atoms with Gasteiger partial charge in [0.1, 0.15) is 5.92 Å². The van der Waals surface area contributed by atoms with Gasteiger partial charge in [-0.1, -0.05) is 42.5 Å². The number of hydrogen-bond donors (Lipinski definition) is 0. The summed E-state index contributed by atoms with van der Waals surface area (Å²) in [6.45, 7) is 0.223. The van der Waals surface area contributed by atoms with E-state index in [-0.39, 0.29) is 23.3 Å². The second-order valence-corrected chi connectivity index (χ2v) is 5.93. The van der Waals surface area contributed by atoms with E-state index < -0.39 is 34.8 Å². The standard InChI is InChI=1S/C20H17FN2O5/c1-2-28-19(25)20(21,18(24)16-6-4-3-5-7-16)17(13-23(26)27)15-10-8-14(12-22)9-11-15/h3-11,17H,2,13H2,1H3/t17-,20+/m1/s1. The Hall–Kier alpha value is -3.60. The number of esters is 1. The van der Waals surface area contributed by atoms with E-state index in [1.807, 2.05) is 6.07 Å². The molecule has 2 atom stereocenters. The average Bonchev–Trinajstić information content (AvgIpc) is 2.71. The lowest BCUT2D eigenvalue weighted by Crippen LogP contribution is -2.50. The van der Waals surface area contributed by atoms with E-state index in [0.717, 1.165) is 0 Å². The van der Waals surface area contributed by atoms with Gasteiger partial charge in [0, 0.05) is 10.5 Å². The molecule has 144 valence electrons. The van der Waals surface area contributed by atoms with Crippen LogP contribution in [0.15, 0.2) is 54.6 Å². The van der Waals surface area contributed by atoms with E-state index in [1.165, 1.54) is 55.5 Å². The normalized spacial score (nSPS) is 13.6. The molecular formula is C20H17FN2O5. The maximum atomic E-state index is 16.2. The number of carbonyl (C=O) groups is 2. The highest BCUT2D eigenvalue weighted by Crippen LogP contribution is 2.37. The van der Waals surface area contributed by atoms with Crippen LogP contribution < -0.4 is 0 Å². The molecule has 0 aromatic heterocycles. The third kappa shape index (κ3) is 4.20. The predicted octanol–water partition coefficient (Wildman–Crippen LogP) is 3.07. The molecule has 0 spiro atoms. The minimum absolute atomic E-state index is 0.0375. The van der Waals surface area contributed by atoms with Crippen LogP contribution in [0.1, 0.15) is 34.3 Å². The van der Waals surface area contributed by atoms with Crippen molar-refractivity contribution in [2.45, 2.75) is 18.5 Å². The van der Waals surface area contributed by atoms with Crippen molar-refractivity contribution in [3.8, 4) is 6.07 Å². The van der Waals surface area contributed by atoms with E-state index >= 15 is 4.39 Å². The molecule has 0 unspecified atom stereocenters. The van der Waals surface area contributed by atoms with E-state index in [4.69, 9.17) is 10.00 Å². The Morgan fingerprint density at radius 1 is 1.21 bits per heavy atom. The summed E-state index contributed by atoms with van der Waals surface area (Å²) in [5.41, 5.74) is -3.13. The SMILES string of the molecule is CCOC(=O)[C@@](F)(C(=O)c1ccccc1)[C@H](C[N+](=O)[O-])c1ccc(C#N)cc1. The van der Waals surface area contributed by atoms with Gasteiger partial charge < -0.3 is 4.74 Å². The van der Waals surface area contributed by atoms with Gasteiger partial charge in [-0.3, -0.25) is 14.9 Å². The maximum Gasteiger partial charge on any atom is 0.353 e. The van der Waals surface area contributed by atoms with Crippen LogP contribution in [0.2, 0.25) is 0 Å². The molecule has 2 aromatic carbocycles. The number of alkyl halides is 1. The Balaban J connectivity index is 2.63. The number of Topliss-reactive ketones (excluding diaryl/α,β-unsaturated/α-hetero) is 1. The van der Waals surface area contributed by atoms with Gasteiger partial charge >= 0.3 is 5.97 Å². The molecule has 0 fully saturated rings. The fourth-order valence-electron chi connectivity index (χ4n) is 2.83. The van der Waals surface area contributed by atoms with Crippen LogP contribution in [-0.2, 0) is 9.53 Å². The molecule has 2 aromatic rings. The third-order valence-corrected chi connectivity index (χ3v) is 4.19. The number of benzene rings is 2. The van der Waals surface area contributed by atoms with Gasteiger partial charge in [-0.25, -0.2) is 9.18 Å². The van der Waals surface area contributed by atoms with E-state index in [2.05, 4.69) is 0 Å². The van der Waals surface area contributed by atoms with Crippen molar-refractivity contribution in [3.05, 3.63) is 81.4 Å². The maximum absolute atomic E-state index is 16.2. The van der Waals surface area contributed by atoms with Gasteiger partial charge in [0.25, 0.3) is 5.67 Å². The number of halogens is 1.